The van der Waals surface area contributed by atoms with E-state index in [0.717, 1.165) is 31.2 Å². The second kappa shape index (κ2) is 9.35. The van der Waals surface area contributed by atoms with E-state index >= 15 is 0 Å². The zero-order valence-electron chi connectivity index (χ0n) is 16.7. The average molecular weight is 425 g/mol. The first-order valence-corrected chi connectivity index (χ1v) is 10.9. The number of rotatable bonds is 3. The Morgan fingerprint density at radius 2 is 1.73 bits per heavy atom. The number of hydrogen-bond donors (Lipinski definition) is 2. The molecule has 0 unspecified atom stereocenters. The number of halogens is 1. The van der Waals surface area contributed by atoms with E-state index in [0.29, 0.717) is 22.0 Å². The van der Waals surface area contributed by atoms with Gasteiger partial charge in [-0.1, -0.05) is 55.8 Å². The second-order valence-corrected chi connectivity index (χ2v) is 8.28. The van der Waals surface area contributed by atoms with Crippen LogP contribution in [-0.2, 0) is 4.79 Å². The molecule has 0 bridgehead atoms. The van der Waals surface area contributed by atoms with Gasteiger partial charge in [-0.25, -0.2) is 0 Å². The van der Waals surface area contributed by atoms with Crippen LogP contribution >= 0.6 is 11.6 Å². The van der Waals surface area contributed by atoms with E-state index in [1.807, 2.05) is 12.1 Å². The third kappa shape index (κ3) is 5.03. The summed E-state index contributed by atoms with van der Waals surface area (Å²) < 4.78 is 5.78. The average Bonchev–Trinajstić information content (AvgIpc) is 2.71. The van der Waals surface area contributed by atoms with Gasteiger partial charge in [0.2, 0.25) is 0 Å². The standard InChI is InChI=1S/C24H25ClN2O3/c25-18-11-8-16(9-12-18)14-22-24(29)27-20-15-17(10-13-21(20)30-22)23(28)26-19-6-4-2-1-3-5-7-19/h8-15,19H,1-7H2,(H,26,28)(H,27,29)/b22-14+. The number of benzene rings is 2. The van der Waals surface area contributed by atoms with E-state index in [4.69, 9.17) is 16.3 Å². The smallest absolute Gasteiger partial charge is 0.291 e. The number of amides is 2. The molecule has 6 heteroatoms. The summed E-state index contributed by atoms with van der Waals surface area (Å²) in [6, 6.07) is 12.5. The topological polar surface area (TPSA) is 67.4 Å². The van der Waals surface area contributed by atoms with Gasteiger partial charge in [0.25, 0.3) is 11.8 Å². The molecule has 2 N–H and O–H groups in total. The highest BCUT2D eigenvalue weighted by atomic mass is 35.5. The minimum Gasteiger partial charge on any atom is -0.449 e. The van der Waals surface area contributed by atoms with Crippen LogP contribution < -0.4 is 15.4 Å². The third-order valence-electron chi connectivity index (χ3n) is 5.54. The predicted molar refractivity (Wildman–Crippen MR) is 119 cm³/mol. The Kier molecular flexibility index (Phi) is 6.38. The minimum absolute atomic E-state index is 0.111. The summed E-state index contributed by atoms with van der Waals surface area (Å²) in [4.78, 5) is 25.2. The molecule has 4 rings (SSSR count). The molecular formula is C24H25ClN2O3. The maximum absolute atomic E-state index is 12.7. The van der Waals surface area contributed by atoms with Gasteiger partial charge in [0.1, 0.15) is 0 Å². The number of carbonyl (C=O) groups is 2. The van der Waals surface area contributed by atoms with E-state index < -0.39 is 0 Å². The summed E-state index contributed by atoms with van der Waals surface area (Å²) >= 11 is 5.90. The molecule has 0 saturated heterocycles. The molecule has 0 aromatic heterocycles. The van der Waals surface area contributed by atoms with Crippen molar-refractivity contribution in [3.63, 3.8) is 0 Å². The lowest BCUT2D eigenvalue weighted by Crippen LogP contribution is -2.35. The first-order chi connectivity index (χ1) is 14.6. The van der Waals surface area contributed by atoms with E-state index in [1.165, 1.54) is 19.3 Å². The van der Waals surface area contributed by atoms with Crippen molar-refractivity contribution in [1.29, 1.82) is 0 Å². The first-order valence-electron chi connectivity index (χ1n) is 10.5. The van der Waals surface area contributed by atoms with Crippen LogP contribution in [0, 0.1) is 0 Å². The quantitative estimate of drug-likeness (QED) is 0.634. The Bertz CT molecular complexity index is 961. The van der Waals surface area contributed by atoms with Crippen molar-refractivity contribution in [2.75, 3.05) is 5.32 Å². The number of carbonyl (C=O) groups excluding carboxylic acids is 2. The van der Waals surface area contributed by atoms with Crippen LogP contribution in [0.4, 0.5) is 5.69 Å². The molecule has 30 heavy (non-hydrogen) atoms. The van der Waals surface area contributed by atoms with Crippen LogP contribution in [0.3, 0.4) is 0 Å². The maximum atomic E-state index is 12.7. The summed E-state index contributed by atoms with van der Waals surface area (Å²) in [5, 5.41) is 6.60. The van der Waals surface area contributed by atoms with Crippen molar-refractivity contribution in [1.82, 2.24) is 5.32 Å². The van der Waals surface area contributed by atoms with Gasteiger partial charge in [0.05, 0.1) is 5.69 Å². The van der Waals surface area contributed by atoms with Crippen LogP contribution in [0.5, 0.6) is 5.75 Å². The van der Waals surface area contributed by atoms with Crippen LogP contribution in [0.15, 0.2) is 48.2 Å². The van der Waals surface area contributed by atoms with Gasteiger partial charge in [-0.2, -0.15) is 0 Å². The molecule has 1 heterocycles. The summed E-state index contributed by atoms with van der Waals surface area (Å²) in [5.41, 5.74) is 1.83. The lowest BCUT2D eigenvalue weighted by atomic mass is 9.96. The zero-order chi connectivity index (χ0) is 20.9. The highest BCUT2D eigenvalue weighted by molar-refractivity contribution is 6.30. The van der Waals surface area contributed by atoms with Gasteiger partial charge in [-0.3, -0.25) is 9.59 Å². The minimum atomic E-state index is -0.352. The van der Waals surface area contributed by atoms with E-state index in [-0.39, 0.29) is 23.6 Å². The lowest BCUT2D eigenvalue weighted by molar-refractivity contribution is -0.115. The normalized spacial score (nSPS) is 18.6. The molecule has 5 nitrogen and oxygen atoms in total. The fourth-order valence-corrected chi connectivity index (χ4v) is 4.01. The maximum Gasteiger partial charge on any atom is 0.291 e. The number of anilines is 1. The molecular weight excluding hydrogens is 400 g/mol. The summed E-state index contributed by atoms with van der Waals surface area (Å²) in [6.45, 7) is 0. The molecule has 1 aliphatic carbocycles. The molecule has 2 aliphatic rings. The van der Waals surface area contributed by atoms with Crippen LogP contribution in [0.25, 0.3) is 6.08 Å². The van der Waals surface area contributed by atoms with Crippen molar-refractivity contribution in [3.8, 4) is 5.75 Å². The Morgan fingerprint density at radius 1 is 1.03 bits per heavy atom. The Labute approximate surface area is 181 Å². The third-order valence-corrected chi connectivity index (χ3v) is 5.79. The lowest BCUT2D eigenvalue weighted by Gasteiger charge is -2.23. The fourth-order valence-electron chi connectivity index (χ4n) is 3.88. The van der Waals surface area contributed by atoms with Crippen molar-refractivity contribution >= 4 is 35.2 Å². The number of ether oxygens (including phenoxy) is 1. The van der Waals surface area contributed by atoms with Crippen LogP contribution in [-0.4, -0.2) is 17.9 Å². The molecule has 1 saturated carbocycles. The molecule has 2 aromatic carbocycles. The zero-order valence-corrected chi connectivity index (χ0v) is 17.5. The fraction of sp³-hybridized carbons (Fsp3) is 0.333. The Morgan fingerprint density at radius 3 is 2.47 bits per heavy atom. The number of hydrogen-bond acceptors (Lipinski definition) is 3. The highest BCUT2D eigenvalue weighted by Crippen LogP contribution is 2.32. The Balaban J connectivity index is 1.46. The molecule has 1 aliphatic heterocycles. The van der Waals surface area contributed by atoms with Crippen LogP contribution in [0.2, 0.25) is 5.02 Å². The predicted octanol–water partition coefficient (Wildman–Crippen LogP) is 5.55. The molecule has 1 fully saturated rings. The van der Waals surface area contributed by atoms with Gasteiger partial charge in [0, 0.05) is 16.6 Å². The monoisotopic (exact) mass is 424 g/mol. The van der Waals surface area contributed by atoms with Gasteiger partial charge >= 0.3 is 0 Å². The molecule has 0 atom stereocenters. The molecule has 2 aromatic rings. The first kappa shape index (κ1) is 20.5. The summed E-state index contributed by atoms with van der Waals surface area (Å²) in [5.74, 6) is 0.240. The number of nitrogens with one attached hydrogen (secondary N) is 2. The molecule has 2 amide bonds. The summed E-state index contributed by atoms with van der Waals surface area (Å²) in [7, 11) is 0. The molecule has 0 spiro atoms. The van der Waals surface area contributed by atoms with E-state index in [2.05, 4.69) is 10.6 Å². The van der Waals surface area contributed by atoms with Gasteiger partial charge in [-0.15, -0.1) is 0 Å². The second-order valence-electron chi connectivity index (χ2n) is 7.84. The Hall–Kier alpha value is -2.79. The van der Waals surface area contributed by atoms with Crippen LogP contribution in [0.1, 0.15) is 60.9 Å². The van der Waals surface area contributed by atoms with Crippen molar-refractivity contribution in [2.45, 2.75) is 51.0 Å². The molecule has 0 radical (unpaired) electrons. The SMILES string of the molecule is O=C1Nc2cc(C(=O)NC3CCCCCCC3)ccc2O/C1=C/c1ccc(Cl)cc1. The van der Waals surface area contributed by atoms with E-state index in [1.54, 1.807) is 36.4 Å². The van der Waals surface area contributed by atoms with E-state index in [9.17, 15) is 9.59 Å². The largest absolute Gasteiger partial charge is 0.449 e. The summed E-state index contributed by atoms with van der Waals surface area (Å²) in [6.07, 6.45) is 9.78. The van der Waals surface area contributed by atoms with Gasteiger partial charge < -0.3 is 15.4 Å². The van der Waals surface area contributed by atoms with Gasteiger partial charge in [0.15, 0.2) is 11.5 Å². The number of fused-ring (bicyclic) bond motifs is 1. The van der Waals surface area contributed by atoms with Crippen molar-refractivity contribution in [3.05, 3.63) is 64.4 Å². The van der Waals surface area contributed by atoms with Crippen molar-refractivity contribution < 1.29 is 14.3 Å². The van der Waals surface area contributed by atoms with Gasteiger partial charge in [-0.05, 0) is 54.8 Å². The molecule has 156 valence electrons. The van der Waals surface area contributed by atoms with Crippen molar-refractivity contribution in [2.24, 2.45) is 0 Å². The highest BCUT2D eigenvalue weighted by Gasteiger charge is 2.24.